The number of nitrogens with zero attached hydrogens (tertiary/aromatic N) is 2. The number of carbonyl (C=O) groups is 1. The smallest absolute Gasteiger partial charge is 0.262 e. The molecule has 0 spiro atoms. The minimum atomic E-state index is -0.0950. The number of ketones is 1. The maximum atomic E-state index is 12.8. The highest BCUT2D eigenvalue weighted by Crippen LogP contribution is 2.22. The van der Waals surface area contributed by atoms with Gasteiger partial charge in [0.25, 0.3) is 5.56 Å². The third-order valence-electron chi connectivity index (χ3n) is 4.48. The van der Waals surface area contributed by atoms with Crippen molar-refractivity contribution < 1.29 is 4.79 Å². The predicted octanol–water partition coefficient (Wildman–Crippen LogP) is 5.39. The number of benzene rings is 2. The maximum absolute atomic E-state index is 12.8. The number of aromatic nitrogens is 2. The van der Waals surface area contributed by atoms with E-state index in [-0.39, 0.29) is 17.1 Å². The molecule has 0 amide bonds. The van der Waals surface area contributed by atoms with Gasteiger partial charge >= 0.3 is 0 Å². The van der Waals surface area contributed by atoms with Crippen molar-refractivity contribution in [1.82, 2.24) is 9.55 Å². The van der Waals surface area contributed by atoms with E-state index in [1.165, 1.54) is 17.3 Å². The van der Waals surface area contributed by atoms with Crippen molar-refractivity contribution in [2.75, 3.05) is 5.75 Å². The van der Waals surface area contributed by atoms with Gasteiger partial charge in [-0.1, -0.05) is 67.9 Å². The van der Waals surface area contributed by atoms with Crippen molar-refractivity contribution in [1.29, 1.82) is 0 Å². The molecule has 2 aromatic carbocycles. The number of fused-ring (bicyclic) bond motifs is 1. The summed E-state index contributed by atoms with van der Waals surface area (Å²) in [5, 5.41) is 1.63. The molecule has 3 aromatic rings. The number of halogens is 1. The molecule has 0 aliphatic heterocycles. The van der Waals surface area contributed by atoms with Crippen LogP contribution >= 0.6 is 23.4 Å². The van der Waals surface area contributed by atoms with Gasteiger partial charge < -0.3 is 0 Å². The third-order valence-corrected chi connectivity index (χ3v) is 5.69. The van der Waals surface area contributed by atoms with Gasteiger partial charge in [0.05, 0.1) is 16.7 Å². The zero-order chi connectivity index (χ0) is 20.1. The fourth-order valence-corrected chi connectivity index (χ4v) is 4.15. The number of Topliss-reactive ketones (excluding diaryl/α,β-unsaturated/α-hetero) is 1. The topological polar surface area (TPSA) is 52.0 Å². The van der Waals surface area contributed by atoms with Gasteiger partial charge in [-0.15, -0.1) is 0 Å². The second-order valence-corrected chi connectivity index (χ2v) is 8.05. The average molecular weight is 415 g/mol. The molecule has 28 heavy (non-hydrogen) atoms. The van der Waals surface area contributed by atoms with Gasteiger partial charge in [0.15, 0.2) is 10.9 Å². The van der Waals surface area contributed by atoms with Crippen molar-refractivity contribution >= 4 is 40.0 Å². The molecule has 0 saturated heterocycles. The lowest BCUT2D eigenvalue weighted by Gasteiger charge is -2.12. The Kier molecular flexibility index (Phi) is 6.92. The minimum Gasteiger partial charge on any atom is -0.293 e. The molecule has 4 nitrogen and oxygen atoms in total. The first-order chi connectivity index (χ1) is 13.5. The van der Waals surface area contributed by atoms with Crippen LogP contribution < -0.4 is 5.56 Å². The number of rotatable bonds is 8. The summed E-state index contributed by atoms with van der Waals surface area (Å²) in [5.41, 5.74) is 2.38. The Balaban J connectivity index is 1.85. The molecule has 0 fully saturated rings. The Labute approximate surface area is 173 Å². The summed E-state index contributed by atoms with van der Waals surface area (Å²) < 4.78 is 1.65. The van der Waals surface area contributed by atoms with Crippen LogP contribution in [0.15, 0.2) is 52.4 Å². The van der Waals surface area contributed by atoms with Crippen LogP contribution in [0.5, 0.6) is 0 Å². The van der Waals surface area contributed by atoms with Crippen LogP contribution in [-0.2, 0) is 13.0 Å². The van der Waals surface area contributed by atoms with Crippen molar-refractivity contribution in [3.8, 4) is 0 Å². The molecule has 1 aromatic heterocycles. The molecule has 0 bridgehead atoms. The Morgan fingerprint density at radius 1 is 1.11 bits per heavy atom. The van der Waals surface area contributed by atoms with E-state index in [0.717, 1.165) is 19.3 Å². The number of aryl methyl sites for hydroxylation is 1. The summed E-state index contributed by atoms with van der Waals surface area (Å²) in [5.74, 6) is 0.256. The SMILES string of the molecule is CCCc1ccc(C(=O)CSc2nc3cc(Cl)ccc3c(=O)n2CCC)cc1. The first-order valence-corrected chi connectivity index (χ1v) is 10.8. The maximum Gasteiger partial charge on any atom is 0.262 e. The summed E-state index contributed by atoms with van der Waals surface area (Å²) >= 11 is 7.36. The zero-order valence-electron chi connectivity index (χ0n) is 16.1. The minimum absolute atomic E-state index is 0.0246. The third kappa shape index (κ3) is 4.65. The van der Waals surface area contributed by atoms with E-state index in [2.05, 4.69) is 11.9 Å². The van der Waals surface area contributed by atoms with Crippen LogP contribution in [0.1, 0.15) is 42.6 Å². The largest absolute Gasteiger partial charge is 0.293 e. The molecule has 0 aliphatic rings. The summed E-state index contributed by atoms with van der Waals surface area (Å²) in [4.78, 5) is 30.1. The quantitative estimate of drug-likeness (QED) is 0.282. The predicted molar refractivity (Wildman–Crippen MR) is 117 cm³/mol. The Morgan fingerprint density at radius 2 is 1.86 bits per heavy atom. The number of hydrogen-bond acceptors (Lipinski definition) is 4. The number of thioether (sulfide) groups is 1. The molecule has 0 N–H and O–H groups in total. The normalized spacial score (nSPS) is 11.1. The fraction of sp³-hybridized carbons (Fsp3) is 0.318. The van der Waals surface area contributed by atoms with Gasteiger partial charge in [0.2, 0.25) is 0 Å². The summed E-state index contributed by atoms with van der Waals surface area (Å²) in [6.45, 7) is 4.71. The Bertz CT molecular complexity index is 1040. The van der Waals surface area contributed by atoms with Gasteiger partial charge in [0.1, 0.15) is 0 Å². The van der Waals surface area contributed by atoms with Crippen LogP contribution in [0.25, 0.3) is 10.9 Å². The average Bonchev–Trinajstić information content (AvgIpc) is 2.69. The van der Waals surface area contributed by atoms with Crippen molar-refractivity contribution in [2.45, 2.75) is 44.8 Å². The molecule has 0 radical (unpaired) electrons. The van der Waals surface area contributed by atoms with Crippen LogP contribution in [0, 0.1) is 0 Å². The molecular formula is C22H23ClN2O2S. The molecule has 0 atom stereocenters. The van der Waals surface area contributed by atoms with Gasteiger partial charge in [0, 0.05) is 17.1 Å². The van der Waals surface area contributed by atoms with Crippen LogP contribution in [-0.4, -0.2) is 21.1 Å². The zero-order valence-corrected chi connectivity index (χ0v) is 17.6. The lowest BCUT2D eigenvalue weighted by atomic mass is 10.1. The van der Waals surface area contributed by atoms with Gasteiger partial charge in [-0.3, -0.25) is 14.2 Å². The molecule has 0 aliphatic carbocycles. The van der Waals surface area contributed by atoms with Crippen molar-refractivity contribution in [3.05, 3.63) is 69.0 Å². The van der Waals surface area contributed by atoms with Crippen LogP contribution in [0.2, 0.25) is 5.02 Å². The molecule has 146 valence electrons. The highest BCUT2D eigenvalue weighted by Gasteiger charge is 2.14. The molecule has 6 heteroatoms. The summed E-state index contributed by atoms with van der Waals surface area (Å²) in [6.07, 6.45) is 2.90. The van der Waals surface area contributed by atoms with Gasteiger partial charge in [-0.25, -0.2) is 4.98 Å². The van der Waals surface area contributed by atoms with E-state index >= 15 is 0 Å². The van der Waals surface area contributed by atoms with Gasteiger partial charge in [-0.2, -0.15) is 0 Å². The second kappa shape index (κ2) is 9.39. The monoisotopic (exact) mass is 414 g/mol. The molecule has 3 rings (SSSR count). The number of carbonyl (C=O) groups excluding carboxylic acids is 1. The van der Waals surface area contributed by atoms with Crippen molar-refractivity contribution in [2.24, 2.45) is 0 Å². The van der Waals surface area contributed by atoms with E-state index in [0.29, 0.717) is 33.2 Å². The number of hydrogen-bond donors (Lipinski definition) is 0. The lowest BCUT2D eigenvalue weighted by molar-refractivity contribution is 0.102. The Morgan fingerprint density at radius 3 is 2.54 bits per heavy atom. The first kappa shape index (κ1) is 20.6. The molecular weight excluding hydrogens is 392 g/mol. The first-order valence-electron chi connectivity index (χ1n) is 9.48. The molecule has 0 saturated carbocycles. The van der Waals surface area contributed by atoms with E-state index in [1.807, 2.05) is 31.2 Å². The second-order valence-electron chi connectivity index (χ2n) is 6.67. The van der Waals surface area contributed by atoms with Crippen molar-refractivity contribution in [3.63, 3.8) is 0 Å². The van der Waals surface area contributed by atoms with Crippen LogP contribution in [0.3, 0.4) is 0 Å². The summed E-state index contributed by atoms with van der Waals surface area (Å²) in [6, 6.07) is 12.8. The lowest BCUT2D eigenvalue weighted by Crippen LogP contribution is -2.23. The standard InChI is InChI=1S/C22H23ClN2O2S/c1-3-5-15-6-8-16(9-7-15)20(26)14-28-22-24-19-13-17(23)10-11-18(19)21(27)25(22)12-4-2/h6-11,13H,3-5,12,14H2,1-2H3. The van der Waals surface area contributed by atoms with E-state index in [1.54, 1.807) is 22.8 Å². The van der Waals surface area contributed by atoms with Gasteiger partial charge in [-0.05, 0) is 36.6 Å². The van der Waals surface area contributed by atoms with E-state index < -0.39 is 0 Å². The highest BCUT2D eigenvalue weighted by molar-refractivity contribution is 7.99. The molecule has 1 heterocycles. The van der Waals surface area contributed by atoms with E-state index in [9.17, 15) is 9.59 Å². The highest BCUT2D eigenvalue weighted by atomic mass is 35.5. The van der Waals surface area contributed by atoms with Crippen LogP contribution in [0.4, 0.5) is 0 Å². The fourth-order valence-electron chi connectivity index (χ4n) is 3.06. The summed E-state index contributed by atoms with van der Waals surface area (Å²) in [7, 11) is 0. The Hall–Kier alpha value is -2.11. The molecule has 0 unspecified atom stereocenters. The van der Waals surface area contributed by atoms with E-state index in [4.69, 9.17) is 11.6 Å².